The van der Waals surface area contributed by atoms with Crippen molar-refractivity contribution >= 4 is 22.8 Å². The summed E-state index contributed by atoms with van der Waals surface area (Å²) in [6.07, 6.45) is 0.741. The van der Waals surface area contributed by atoms with Gasteiger partial charge in [0.2, 0.25) is 5.91 Å². The SMILES string of the molecule is CC(C)CC(N)C(=O)N[C@H]1C(O)[C@@H](CO)O[C@H]1n1cnc2c(N)ccnc21. The zero-order valence-corrected chi connectivity index (χ0v) is 15.3. The first-order valence-electron chi connectivity index (χ1n) is 8.90. The zero-order chi connectivity index (χ0) is 19.7. The van der Waals surface area contributed by atoms with Gasteiger partial charge in [0.1, 0.15) is 23.8 Å². The van der Waals surface area contributed by atoms with Gasteiger partial charge in [0.15, 0.2) is 11.9 Å². The van der Waals surface area contributed by atoms with Crippen molar-refractivity contribution in [1.82, 2.24) is 19.9 Å². The molecule has 7 N–H and O–H groups in total. The molecule has 0 radical (unpaired) electrons. The normalized spacial score (nSPS) is 26.6. The molecule has 0 saturated carbocycles. The van der Waals surface area contributed by atoms with Crippen LogP contribution in [0.2, 0.25) is 0 Å². The third kappa shape index (κ3) is 3.74. The molecule has 1 saturated heterocycles. The molecule has 10 heteroatoms. The Morgan fingerprint density at radius 2 is 2.19 bits per heavy atom. The number of pyridine rings is 1. The van der Waals surface area contributed by atoms with Crippen LogP contribution in [0.15, 0.2) is 18.6 Å². The van der Waals surface area contributed by atoms with Crippen molar-refractivity contribution in [1.29, 1.82) is 0 Å². The number of carbonyl (C=O) groups is 1. The van der Waals surface area contributed by atoms with E-state index >= 15 is 0 Å². The Bertz CT molecular complexity index is 810. The molecule has 3 heterocycles. The Morgan fingerprint density at radius 1 is 1.44 bits per heavy atom. The van der Waals surface area contributed by atoms with E-state index in [0.717, 1.165) is 0 Å². The number of rotatable bonds is 6. The largest absolute Gasteiger partial charge is 0.397 e. The van der Waals surface area contributed by atoms with Crippen LogP contribution >= 0.6 is 0 Å². The van der Waals surface area contributed by atoms with E-state index in [2.05, 4.69) is 15.3 Å². The van der Waals surface area contributed by atoms with Crippen LogP contribution < -0.4 is 16.8 Å². The number of nitrogen functional groups attached to an aromatic ring is 1. The summed E-state index contributed by atoms with van der Waals surface area (Å²) in [7, 11) is 0. The topological polar surface area (TPSA) is 162 Å². The Morgan fingerprint density at radius 3 is 2.85 bits per heavy atom. The summed E-state index contributed by atoms with van der Waals surface area (Å²) in [6, 6.07) is 0.0953. The fourth-order valence-corrected chi connectivity index (χ4v) is 3.32. The maximum Gasteiger partial charge on any atom is 0.237 e. The van der Waals surface area contributed by atoms with Gasteiger partial charge in [0, 0.05) is 6.20 Å². The number of aliphatic hydroxyl groups excluding tert-OH is 2. The molecule has 0 spiro atoms. The predicted octanol–water partition coefficient (Wildman–Crippen LogP) is -0.878. The molecule has 1 amide bonds. The second-order valence-electron chi connectivity index (χ2n) is 7.23. The molecule has 0 bridgehead atoms. The Hall–Kier alpha value is -2.27. The lowest BCUT2D eigenvalue weighted by atomic mass is 10.0. The molecule has 2 aromatic heterocycles. The number of nitrogens with two attached hydrogens (primary N) is 2. The fourth-order valence-electron chi connectivity index (χ4n) is 3.32. The molecule has 2 unspecified atom stereocenters. The van der Waals surface area contributed by atoms with Crippen LogP contribution in [-0.4, -0.2) is 61.6 Å². The quantitative estimate of drug-likeness (QED) is 0.433. The van der Waals surface area contributed by atoms with Crippen molar-refractivity contribution in [3.8, 4) is 0 Å². The van der Waals surface area contributed by atoms with Crippen molar-refractivity contribution in [3.63, 3.8) is 0 Å². The van der Waals surface area contributed by atoms with Gasteiger partial charge in [-0.1, -0.05) is 13.8 Å². The summed E-state index contributed by atoms with van der Waals surface area (Å²) < 4.78 is 7.36. The molecule has 1 fully saturated rings. The minimum absolute atomic E-state index is 0.251. The summed E-state index contributed by atoms with van der Waals surface area (Å²) in [5.74, 6) is -0.141. The molecule has 0 aliphatic carbocycles. The highest BCUT2D eigenvalue weighted by Gasteiger charge is 2.46. The molecule has 3 rings (SSSR count). The third-order valence-corrected chi connectivity index (χ3v) is 4.69. The number of imidazole rings is 1. The first kappa shape index (κ1) is 19.5. The van der Waals surface area contributed by atoms with Gasteiger partial charge in [-0.25, -0.2) is 9.97 Å². The number of aromatic nitrogens is 3. The summed E-state index contributed by atoms with van der Waals surface area (Å²) in [5, 5.41) is 22.8. The summed E-state index contributed by atoms with van der Waals surface area (Å²) in [4.78, 5) is 21.0. The molecule has 10 nitrogen and oxygen atoms in total. The number of hydrogen-bond acceptors (Lipinski definition) is 8. The van der Waals surface area contributed by atoms with E-state index in [1.54, 1.807) is 10.6 Å². The van der Waals surface area contributed by atoms with E-state index < -0.39 is 43.0 Å². The monoisotopic (exact) mass is 378 g/mol. The number of hydrogen-bond donors (Lipinski definition) is 5. The molecule has 1 aliphatic rings. The van der Waals surface area contributed by atoms with Gasteiger partial charge < -0.3 is 31.7 Å². The Kier molecular flexibility index (Phi) is 5.61. The zero-order valence-electron chi connectivity index (χ0n) is 15.3. The van der Waals surface area contributed by atoms with E-state index in [9.17, 15) is 15.0 Å². The number of amides is 1. The van der Waals surface area contributed by atoms with Crippen molar-refractivity contribution in [2.45, 2.75) is 50.8 Å². The van der Waals surface area contributed by atoms with Crippen molar-refractivity contribution < 1.29 is 19.7 Å². The number of aliphatic hydroxyl groups is 2. The minimum Gasteiger partial charge on any atom is -0.397 e. The van der Waals surface area contributed by atoms with Gasteiger partial charge in [0.25, 0.3) is 0 Å². The maximum atomic E-state index is 12.5. The second kappa shape index (κ2) is 7.77. The number of carbonyl (C=O) groups excluding carboxylic acids is 1. The second-order valence-corrected chi connectivity index (χ2v) is 7.23. The lowest BCUT2D eigenvalue weighted by molar-refractivity contribution is -0.124. The van der Waals surface area contributed by atoms with Crippen LogP contribution in [-0.2, 0) is 9.53 Å². The van der Waals surface area contributed by atoms with Gasteiger partial charge in [-0.2, -0.15) is 0 Å². The van der Waals surface area contributed by atoms with Gasteiger partial charge in [-0.3, -0.25) is 9.36 Å². The highest BCUT2D eigenvalue weighted by molar-refractivity contribution is 5.84. The highest BCUT2D eigenvalue weighted by Crippen LogP contribution is 2.32. The maximum absolute atomic E-state index is 12.5. The molecular weight excluding hydrogens is 352 g/mol. The van der Waals surface area contributed by atoms with E-state index in [-0.39, 0.29) is 5.92 Å². The van der Waals surface area contributed by atoms with Gasteiger partial charge in [0.05, 0.1) is 24.7 Å². The van der Waals surface area contributed by atoms with E-state index in [1.165, 1.54) is 12.5 Å². The lowest BCUT2D eigenvalue weighted by Gasteiger charge is -2.25. The predicted molar refractivity (Wildman–Crippen MR) is 98.3 cm³/mol. The summed E-state index contributed by atoms with van der Waals surface area (Å²) >= 11 is 0. The average Bonchev–Trinajstić information content (AvgIpc) is 3.17. The third-order valence-electron chi connectivity index (χ3n) is 4.69. The van der Waals surface area contributed by atoms with Crippen LogP contribution in [0.5, 0.6) is 0 Å². The molecular formula is C17H26N6O4. The summed E-state index contributed by atoms with van der Waals surface area (Å²) in [5.41, 5.74) is 13.3. The van der Waals surface area contributed by atoms with E-state index in [4.69, 9.17) is 16.2 Å². The fraction of sp³-hybridized carbons (Fsp3) is 0.588. The number of ether oxygens (including phenoxy) is 1. The first-order chi connectivity index (χ1) is 12.8. The Labute approximate surface area is 156 Å². The lowest BCUT2D eigenvalue weighted by Crippen LogP contribution is -2.52. The first-order valence-corrected chi connectivity index (χ1v) is 8.90. The summed E-state index contributed by atoms with van der Waals surface area (Å²) in [6.45, 7) is 3.54. The molecule has 27 heavy (non-hydrogen) atoms. The molecule has 1 aliphatic heterocycles. The van der Waals surface area contributed by atoms with Crippen LogP contribution in [0.1, 0.15) is 26.5 Å². The smallest absolute Gasteiger partial charge is 0.237 e. The van der Waals surface area contributed by atoms with Crippen LogP contribution in [0.25, 0.3) is 11.2 Å². The van der Waals surface area contributed by atoms with Crippen LogP contribution in [0, 0.1) is 5.92 Å². The number of nitrogens with zero attached hydrogens (tertiary/aromatic N) is 3. The number of nitrogens with one attached hydrogen (secondary N) is 1. The average molecular weight is 378 g/mol. The molecule has 2 aromatic rings. The molecule has 148 valence electrons. The molecule has 0 aromatic carbocycles. The number of fused-ring (bicyclic) bond motifs is 1. The number of anilines is 1. The van der Waals surface area contributed by atoms with E-state index in [0.29, 0.717) is 23.3 Å². The van der Waals surface area contributed by atoms with Crippen molar-refractivity contribution in [2.24, 2.45) is 11.7 Å². The van der Waals surface area contributed by atoms with Gasteiger partial charge in [-0.15, -0.1) is 0 Å². The van der Waals surface area contributed by atoms with E-state index in [1.807, 2.05) is 13.8 Å². The van der Waals surface area contributed by atoms with Crippen LogP contribution in [0.3, 0.4) is 0 Å². The van der Waals surface area contributed by atoms with Gasteiger partial charge >= 0.3 is 0 Å². The van der Waals surface area contributed by atoms with Crippen molar-refractivity contribution in [3.05, 3.63) is 18.6 Å². The standard InChI is InChI=1S/C17H26N6O4/c1-8(2)5-10(19)16(26)22-13-14(25)11(6-24)27-17(13)23-7-21-12-9(18)3-4-20-15(12)23/h3-4,7-8,10-11,13-14,17,24-25H,5-6,19H2,1-2H3,(H2,18,20)(H,22,26)/t10?,11-,13+,14?,17-/m1/s1. The molecule has 5 atom stereocenters. The highest BCUT2D eigenvalue weighted by atomic mass is 16.5. The van der Waals surface area contributed by atoms with Crippen LogP contribution in [0.4, 0.5) is 5.69 Å². The Balaban J connectivity index is 1.89. The van der Waals surface area contributed by atoms with Gasteiger partial charge in [-0.05, 0) is 18.4 Å². The minimum atomic E-state index is -1.12. The van der Waals surface area contributed by atoms with Crippen molar-refractivity contribution in [2.75, 3.05) is 12.3 Å².